The minimum absolute atomic E-state index is 0.134. The second kappa shape index (κ2) is 8.85. The fourth-order valence-corrected chi connectivity index (χ4v) is 4.48. The predicted molar refractivity (Wildman–Crippen MR) is 118 cm³/mol. The number of anilines is 2. The van der Waals surface area contributed by atoms with E-state index in [2.05, 4.69) is 20.6 Å². The van der Waals surface area contributed by atoms with Crippen molar-refractivity contribution in [2.24, 2.45) is 0 Å². The molecule has 0 bridgehead atoms. The van der Waals surface area contributed by atoms with E-state index in [1.54, 1.807) is 53.9 Å². The van der Waals surface area contributed by atoms with E-state index >= 15 is 0 Å². The number of thioether (sulfide) groups is 1. The molecule has 0 fully saturated rings. The van der Waals surface area contributed by atoms with Gasteiger partial charge in [0, 0.05) is 23.8 Å². The second-order valence-electron chi connectivity index (χ2n) is 6.06. The summed E-state index contributed by atoms with van der Waals surface area (Å²) in [7, 11) is 0. The minimum Gasteiger partial charge on any atom is -0.325 e. The maximum absolute atomic E-state index is 12.3. The van der Waals surface area contributed by atoms with Gasteiger partial charge in [-0.2, -0.15) is 0 Å². The third-order valence-corrected chi connectivity index (χ3v) is 6.11. The largest absolute Gasteiger partial charge is 0.325 e. The predicted octanol–water partition coefficient (Wildman–Crippen LogP) is 4.67. The number of nitrogens with zero attached hydrogens (tertiary/aromatic N) is 2. The molecular formula is C21H16N4O2S2. The van der Waals surface area contributed by atoms with Gasteiger partial charge in [-0.3, -0.25) is 14.6 Å². The van der Waals surface area contributed by atoms with Crippen LogP contribution < -0.4 is 10.6 Å². The highest BCUT2D eigenvalue weighted by molar-refractivity contribution is 8.01. The highest BCUT2D eigenvalue weighted by Gasteiger charge is 2.09. The number of carbonyl (C=O) groups is 2. The molecule has 0 saturated heterocycles. The number of rotatable bonds is 6. The average molecular weight is 421 g/mol. The molecule has 2 aromatic carbocycles. The van der Waals surface area contributed by atoms with Crippen molar-refractivity contribution in [2.45, 2.75) is 4.34 Å². The van der Waals surface area contributed by atoms with Crippen LogP contribution in [-0.4, -0.2) is 27.5 Å². The van der Waals surface area contributed by atoms with Crippen LogP contribution in [0.2, 0.25) is 0 Å². The minimum atomic E-state index is -0.257. The quantitative estimate of drug-likeness (QED) is 0.443. The SMILES string of the molecule is O=C(CSc1nc2ccccc2s1)Nc1cccc(NC(=O)c2cccnc2)c1. The van der Waals surface area contributed by atoms with Gasteiger partial charge in [-0.15, -0.1) is 11.3 Å². The highest BCUT2D eigenvalue weighted by Crippen LogP contribution is 2.29. The fourth-order valence-electron chi connectivity index (χ4n) is 2.61. The number of thiazole rings is 1. The molecule has 29 heavy (non-hydrogen) atoms. The summed E-state index contributed by atoms with van der Waals surface area (Å²) < 4.78 is 1.96. The molecule has 0 aliphatic heterocycles. The Labute approximate surface area is 175 Å². The zero-order chi connectivity index (χ0) is 20.1. The average Bonchev–Trinajstić information content (AvgIpc) is 3.16. The molecule has 0 saturated carbocycles. The van der Waals surface area contributed by atoms with E-state index in [1.807, 2.05) is 24.3 Å². The Morgan fingerprint density at radius 2 is 1.79 bits per heavy atom. The zero-order valence-corrected chi connectivity index (χ0v) is 16.8. The normalized spacial score (nSPS) is 10.6. The summed E-state index contributed by atoms with van der Waals surface area (Å²) >= 11 is 2.98. The Hall–Kier alpha value is -3.23. The van der Waals surface area contributed by atoms with Gasteiger partial charge >= 0.3 is 0 Å². The number of pyridine rings is 1. The van der Waals surface area contributed by atoms with Gasteiger partial charge in [-0.1, -0.05) is 30.0 Å². The lowest BCUT2D eigenvalue weighted by Crippen LogP contribution is -2.15. The summed E-state index contributed by atoms with van der Waals surface area (Å²) in [5.41, 5.74) is 2.62. The molecule has 2 N–H and O–H groups in total. The Balaban J connectivity index is 1.34. The van der Waals surface area contributed by atoms with Crippen molar-refractivity contribution in [1.82, 2.24) is 9.97 Å². The van der Waals surface area contributed by atoms with E-state index in [0.29, 0.717) is 16.9 Å². The molecule has 2 heterocycles. The van der Waals surface area contributed by atoms with E-state index in [1.165, 1.54) is 18.0 Å². The molecule has 2 amide bonds. The smallest absolute Gasteiger partial charge is 0.257 e. The number of hydrogen-bond donors (Lipinski definition) is 2. The highest BCUT2D eigenvalue weighted by atomic mass is 32.2. The Kier molecular flexibility index (Phi) is 5.83. The van der Waals surface area contributed by atoms with Crippen LogP contribution in [0.15, 0.2) is 77.4 Å². The van der Waals surface area contributed by atoms with E-state index in [0.717, 1.165) is 14.6 Å². The van der Waals surface area contributed by atoms with Crippen molar-refractivity contribution in [3.8, 4) is 0 Å². The van der Waals surface area contributed by atoms with Crippen molar-refractivity contribution in [1.29, 1.82) is 0 Å². The lowest BCUT2D eigenvalue weighted by atomic mass is 10.2. The van der Waals surface area contributed by atoms with Crippen LogP contribution >= 0.6 is 23.1 Å². The van der Waals surface area contributed by atoms with Crippen molar-refractivity contribution < 1.29 is 9.59 Å². The first-order valence-corrected chi connectivity index (χ1v) is 10.6. The van der Waals surface area contributed by atoms with Gasteiger partial charge < -0.3 is 10.6 Å². The fraction of sp³-hybridized carbons (Fsp3) is 0.0476. The lowest BCUT2D eigenvalue weighted by molar-refractivity contribution is -0.113. The van der Waals surface area contributed by atoms with Gasteiger partial charge in [0.2, 0.25) is 5.91 Å². The Morgan fingerprint density at radius 1 is 0.966 bits per heavy atom. The Morgan fingerprint density at radius 3 is 2.59 bits per heavy atom. The first-order chi connectivity index (χ1) is 14.2. The van der Waals surface area contributed by atoms with Crippen LogP contribution in [0.4, 0.5) is 11.4 Å². The van der Waals surface area contributed by atoms with Gasteiger partial charge in [0.15, 0.2) is 4.34 Å². The monoisotopic (exact) mass is 420 g/mol. The third-order valence-electron chi connectivity index (χ3n) is 3.93. The van der Waals surface area contributed by atoms with Gasteiger partial charge in [0.05, 0.1) is 21.5 Å². The molecule has 0 spiro atoms. The number of carbonyl (C=O) groups excluding carboxylic acids is 2. The number of para-hydroxylation sites is 1. The summed E-state index contributed by atoms with van der Waals surface area (Å²) in [5.74, 6) is -0.135. The summed E-state index contributed by atoms with van der Waals surface area (Å²) in [6.07, 6.45) is 3.11. The number of benzene rings is 2. The zero-order valence-electron chi connectivity index (χ0n) is 15.2. The summed E-state index contributed by atoms with van der Waals surface area (Å²) in [6.45, 7) is 0. The van der Waals surface area contributed by atoms with E-state index < -0.39 is 0 Å². The van der Waals surface area contributed by atoms with Crippen LogP contribution in [0.1, 0.15) is 10.4 Å². The molecule has 6 nitrogen and oxygen atoms in total. The standard InChI is InChI=1S/C21H16N4O2S2/c26-19(13-28-21-25-17-8-1-2-9-18(17)29-21)23-15-6-3-7-16(11-15)24-20(27)14-5-4-10-22-12-14/h1-12H,13H2,(H,23,26)(H,24,27). The van der Waals surface area contributed by atoms with E-state index in [-0.39, 0.29) is 17.6 Å². The molecule has 0 aliphatic carbocycles. The molecule has 0 atom stereocenters. The lowest BCUT2D eigenvalue weighted by Gasteiger charge is -2.08. The molecule has 2 aromatic heterocycles. The van der Waals surface area contributed by atoms with Crippen LogP contribution in [0, 0.1) is 0 Å². The van der Waals surface area contributed by atoms with Crippen LogP contribution in [0.3, 0.4) is 0 Å². The summed E-state index contributed by atoms with van der Waals surface area (Å²) in [6, 6.07) is 18.3. The molecule has 4 rings (SSSR count). The first-order valence-electron chi connectivity index (χ1n) is 8.77. The molecule has 4 aromatic rings. The topological polar surface area (TPSA) is 84.0 Å². The molecule has 144 valence electrons. The number of nitrogens with one attached hydrogen (secondary N) is 2. The van der Waals surface area contributed by atoms with Crippen molar-refractivity contribution in [2.75, 3.05) is 16.4 Å². The molecular weight excluding hydrogens is 404 g/mol. The molecule has 8 heteroatoms. The number of fused-ring (bicyclic) bond motifs is 1. The van der Waals surface area contributed by atoms with Crippen LogP contribution in [0.5, 0.6) is 0 Å². The maximum atomic E-state index is 12.3. The molecule has 0 radical (unpaired) electrons. The number of amides is 2. The summed E-state index contributed by atoms with van der Waals surface area (Å²) in [5, 5.41) is 5.65. The molecule has 0 unspecified atom stereocenters. The third kappa shape index (κ3) is 4.98. The van der Waals surface area contributed by atoms with Crippen molar-refractivity contribution in [3.05, 3.63) is 78.6 Å². The number of hydrogen-bond acceptors (Lipinski definition) is 6. The van der Waals surface area contributed by atoms with Gasteiger partial charge in [-0.05, 0) is 42.5 Å². The first kappa shape index (κ1) is 19.1. The van der Waals surface area contributed by atoms with Crippen molar-refractivity contribution in [3.63, 3.8) is 0 Å². The van der Waals surface area contributed by atoms with Gasteiger partial charge in [0.1, 0.15) is 0 Å². The number of aromatic nitrogens is 2. The van der Waals surface area contributed by atoms with Gasteiger partial charge in [-0.25, -0.2) is 4.98 Å². The van der Waals surface area contributed by atoms with Crippen molar-refractivity contribution >= 4 is 56.5 Å². The van der Waals surface area contributed by atoms with Gasteiger partial charge in [0.25, 0.3) is 5.91 Å². The Bertz CT molecular complexity index is 1130. The van der Waals surface area contributed by atoms with E-state index in [9.17, 15) is 9.59 Å². The maximum Gasteiger partial charge on any atom is 0.257 e. The summed E-state index contributed by atoms with van der Waals surface area (Å²) in [4.78, 5) is 33.0. The van der Waals surface area contributed by atoms with Crippen LogP contribution in [0.25, 0.3) is 10.2 Å². The molecule has 0 aliphatic rings. The second-order valence-corrected chi connectivity index (χ2v) is 8.31. The van der Waals surface area contributed by atoms with E-state index in [4.69, 9.17) is 0 Å². The van der Waals surface area contributed by atoms with Crippen LogP contribution in [-0.2, 0) is 4.79 Å².